The molecule has 180 valence electrons. The summed E-state index contributed by atoms with van der Waals surface area (Å²) in [6.45, 7) is 1.13. The molecule has 3 aromatic rings. The Bertz CT molecular complexity index is 1160. The molecule has 2 saturated heterocycles. The second kappa shape index (κ2) is 10.7. The van der Waals surface area contributed by atoms with Gasteiger partial charge in [-0.2, -0.15) is 0 Å². The van der Waals surface area contributed by atoms with Crippen LogP contribution in [-0.2, 0) is 25.6 Å². The third-order valence-electron chi connectivity index (χ3n) is 5.99. The number of furan rings is 1. The van der Waals surface area contributed by atoms with Crippen molar-refractivity contribution in [2.24, 2.45) is 0 Å². The van der Waals surface area contributed by atoms with Crippen molar-refractivity contribution >= 4 is 17.9 Å². The molecule has 2 fully saturated rings. The highest BCUT2D eigenvalue weighted by Crippen LogP contribution is 2.29. The fraction of sp³-hybridized carbons (Fsp3) is 0.259. The Hall–Kier alpha value is -3.72. The molecule has 2 N–H and O–H groups in total. The van der Waals surface area contributed by atoms with Gasteiger partial charge in [0.2, 0.25) is 0 Å². The van der Waals surface area contributed by atoms with E-state index in [2.05, 4.69) is 10.6 Å². The molecule has 5 rings (SSSR count). The number of rotatable bonds is 8. The van der Waals surface area contributed by atoms with Crippen LogP contribution in [0.3, 0.4) is 0 Å². The summed E-state index contributed by atoms with van der Waals surface area (Å²) < 4.78 is 23.3. The van der Waals surface area contributed by atoms with E-state index < -0.39 is 11.8 Å². The summed E-state index contributed by atoms with van der Waals surface area (Å²) in [5, 5.41) is 5.64. The van der Waals surface area contributed by atoms with E-state index >= 15 is 0 Å². The topological polar surface area (TPSA) is 99.0 Å². The molecule has 2 aromatic carbocycles. The highest BCUT2D eigenvalue weighted by atomic mass is 16.6. The first-order valence-electron chi connectivity index (χ1n) is 11.5. The minimum atomic E-state index is -0.461. The third-order valence-corrected chi connectivity index (χ3v) is 5.99. The predicted molar refractivity (Wildman–Crippen MR) is 127 cm³/mol. The number of fused-ring (bicyclic) bond motifs is 1. The first kappa shape index (κ1) is 23.0. The molecule has 2 amide bonds. The van der Waals surface area contributed by atoms with Crippen LogP contribution in [0.2, 0.25) is 0 Å². The van der Waals surface area contributed by atoms with Gasteiger partial charge in [-0.25, -0.2) is 0 Å². The molecule has 8 heteroatoms. The largest absolute Gasteiger partial charge is 0.465 e. The molecule has 35 heavy (non-hydrogen) atoms. The summed E-state index contributed by atoms with van der Waals surface area (Å²) in [6, 6.07) is 21.6. The maximum Gasteiger partial charge on any atom is 0.268 e. The first-order chi connectivity index (χ1) is 17.2. The number of carbonyl (C=O) groups excluding carboxylic acids is 2. The fourth-order valence-electron chi connectivity index (χ4n) is 4.21. The summed E-state index contributed by atoms with van der Waals surface area (Å²) in [5.74, 6) is -0.418. The van der Waals surface area contributed by atoms with Gasteiger partial charge in [0.25, 0.3) is 11.8 Å². The third kappa shape index (κ3) is 5.51. The Balaban J connectivity index is 1.23. The highest BCUT2D eigenvalue weighted by molar-refractivity contribution is 6.05. The second-order valence-electron chi connectivity index (χ2n) is 8.40. The number of nitrogens with one attached hydrogen (secondary N) is 2. The quantitative estimate of drug-likeness (QED) is 0.487. The molecule has 0 spiro atoms. The monoisotopic (exact) mass is 474 g/mol. The predicted octanol–water partition coefficient (Wildman–Crippen LogP) is 2.92. The highest BCUT2D eigenvalue weighted by Gasteiger charge is 2.49. The molecule has 1 aromatic heterocycles. The van der Waals surface area contributed by atoms with Crippen LogP contribution in [-0.4, -0.2) is 49.4 Å². The lowest BCUT2D eigenvalue weighted by Crippen LogP contribution is -2.46. The normalized spacial score (nSPS) is 23.6. The number of ether oxygens (including phenoxy) is 3. The summed E-state index contributed by atoms with van der Waals surface area (Å²) in [5.41, 5.74) is 1.57. The molecular weight excluding hydrogens is 448 g/mol. The average molecular weight is 475 g/mol. The number of amides is 2. The number of hydrogen-bond donors (Lipinski definition) is 2. The zero-order valence-corrected chi connectivity index (χ0v) is 19.0. The van der Waals surface area contributed by atoms with Gasteiger partial charge in [-0.05, 0) is 29.8 Å². The Morgan fingerprint density at radius 2 is 1.66 bits per heavy atom. The Kier molecular flexibility index (Phi) is 7.04. The van der Waals surface area contributed by atoms with Gasteiger partial charge < -0.3 is 29.3 Å². The maximum atomic E-state index is 13.2. The van der Waals surface area contributed by atoms with Crippen molar-refractivity contribution in [1.29, 1.82) is 0 Å². The minimum Gasteiger partial charge on any atom is -0.465 e. The van der Waals surface area contributed by atoms with Crippen LogP contribution in [0.1, 0.15) is 21.7 Å². The summed E-state index contributed by atoms with van der Waals surface area (Å²) >= 11 is 0. The van der Waals surface area contributed by atoms with Gasteiger partial charge in [-0.3, -0.25) is 9.59 Å². The fourth-order valence-corrected chi connectivity index (χ4v) is 4.21. The van der Waals surface area contributed by atoms with E-state index in [9.17, 15) is 9.59 Å². The van der Waals surface area contributed by atoms with Gasteiger partial charge in [0.05, 0.1) is 32.1 Å². The van der Waals surface area contributed by atoms with E-state index in [1.165, 1.54) is 12.3 Å². The van der Waals surface area contributed by atoms with Crippen LogP contribution < -0.4 is 10.6 Å². The Morgan fingerprint density at radius 1 is 0.914 bits per heavy atom. The van der Waals surface area contributed by atoms with Gasteiger partial charge in [-0.1, -0.05) is 48.5 Å². The molecule has 8 nitrogen and oxygen atoms in total. The van der Waals surface area contributed by atoms with E-state index in [1.807, 2.05) is 36.4 Å². The smallest absolute Gasteiger partial charge is 0.268 e. The Morgan fingerprint density at radius 3 is 2.40 bits per heavy atom. The summed E-state index contributed by atoms with van der Waals surface area (Å²) in [6.07, 6.45) is 2.15. The number of benzene rings is 2. The second-order valence-corrected chi connectivity index (χ2v) is 8.40. The lowest BCUT2D eigenvalue weighted by atomic mass is 10.1. The zero-order chi connectivity index (χ0) is 24.0. The van der Waals surface area contributed by atoms with Gasteiger partial charge in [-0.15, -0.1) is 0 Å². The lowest BCUT2D eigenvalue weighted by molar-refractivity contribution is -0.119. The van der Waals surface area contributed by atoms with Crippen molar-refractivity contribution in [2.75, 3.05) is 13.2 Å². The van der Waals surface area contributed by atoms with Crippen LogP contribution in [0.4, 0.5) is 0 Å². The van der Waals surface area contributed by atoms with Crippen LogP contribution in [0.15, 0.2) is 89.2 Å². The molecule has 4 atom stereocenters. The van der Waals surface area contributed by atoms with Crippen molar-refractivity contribution in [2.45, 2.75) is 31.0 Å². The number of hydrogen-bond acceptors (Lipinski definition) is 6. The Labute approximate surface area is 202 Å². The van der Waals surface area contributed by atoms with Crippen LogP contribution in [0, 0.1) is 0 Å². The van der Waals surface area contributed by atoms with Crippen molar-refractivity contribution in [3.8, 4) is 0 Å². The standard InChI is InChI=1S/C27H26N2O6/c30-26(19-10-5-2-6-11-19)28-21(14-20-12-7-13-32-20)27(31)29-22-16-34-25-23(17-35-24(22)25)33-15-18-8-3-1-4-9-18/h1-14,22-25H,15-17H2,(H,28,30)(H,29,31)/b21-14-/t22-,23-,24+,25+/m0/s1. The van der Waals surface area contributed by atoms with Crippen LogP contribution >= 0.6 is 0 Å². The summed E-state index contributed by atoms with van der Waals surface area (Å²) in [7, 11) is 0. The molecule has 3 heterocycles. The van der Waals surface area contributed by atoms with E-state index in [1.54, 1.807) is 36.4 Å². The lowest BCUT2D eigenvalue weighted by Gasteiger charge is -2.19. The molecule has 0 bridgehead atoms. The molecule has 2 aliphatic heterocycles. The average Bonchev–Trinajstić information content (AvgIpc) is 3.63. The molecule has 0 saturated carbocycles. The summed E-state index contributed by atoms with van der Waals surface area (Å²) in [4.78, 5) is 25.9. The van der Waals surface area contributed by atoms with Gasteiger partial charge in [0.1, 0.15) is 29.8 Å². The first-order valence-corrected chi connectivity index (χ1v) is 11.5. The van der Waals surface area contributed by atoms with E-state index in [0.717, 1.165) is 5.56 Å². The van der Waals surface area contributed by atoms with Gasteiger partial charge >= 0.3 is 0 Å². The van der Waals surface area contributed by atoms with Crippen LogP contribution in [0.5, 0.6) is 0 Å². The van der Waals surface area contributed by atoms with Crippen molar-refractivity contribution < 1.29 is 28.2 Å². The van der Waals surface area contributed by atoms with E-state index in [-0.39, 0.29) is 36.7 Å². The van der Waals surface area contributed by atoms with Crippen molar-refractivity contribution in [3.05, 3.63) is 102 Å². The van der Waals surface area contributed by atoms with Gasteiger partial charge in [0, 0.05) is 11.6 Å². The van der Waals surface area contributed by atoms with Crippen LogP contribution in [0.25, 0.3) is 6.08 Å². The molecule has 0 aliphatic carbocycles. The zero-order valence-electron chi connectivity index (χ0n) is 19.0. The minimum absolute atomic E-state index is 0.0622. The maximum absolute atomic E-state index is 13.2. The molecule has 0 radical (unpaired) electrons. The molecule has 0 unspecified atom stereocenters. The van der Waals surface area contributed by atoms with E-state index in [0.29, 0.717) is 24.5 Å². The van der Waals surface area contributed by atoms with Crippen molar-refractivity contribution in [1.82, 2.24) is 10.6 Å². The van der Waals surface area contributed by atoms with E-state index in [4.69, 9.17) is 18.6 Å². The molecular formula is C27H26N2O6. The number of carbonyl (C=O) groups is 2. The SMILES string of the molecule is O=C(N[C@H]1CO[C@H]2[C@@H]1OC[C@@H]2OCc1ccccc1)/C(=C/c1ccco1)NC(=O)c1ccccc1. The van der Waals surface area contributed by atoms with Crippen molar-refractivity contribution in [3.63, 3.8) is 0 Å². The molecule has 2 aliphatic rings. The van der Waals surface area contributed by atoms with Gasteiger partial charge in [0.15, 0.2) is 0 Å².